The number of pyridine rings is 1. The number of anilines is 1. The molecule has 1 saturated carbocycles. The monoisotopic (exact) mass is 268 g/mol. The normalized spacial score (nSPS) is 30.8. The van der Waals surface area contributed by atoms with Gasteiger partial charge in [-0.25, -0.2) is 0 Å². The largest absolute Gasteiger partial charge is 0.381 e. The van der Waals surface area contributed by atoms with Crippen LogP contribution in [0, 0.1) is 11.3 Å². The Balaban J connectivity index is 1.61. The second-order valence-corrected chi connectivity index (χ2v) is 6.60. The highest BCUT2D eigenvalue weighted by molar-refractivity contribution is 5.82. The zero-order valence-corrected chi connectivity index (χ0v) is 12.0. The molecule has 3 atom stereocenters. The lowest BCUT2D eigenvalue weighted by molar-refractivity contribution is -0.0923. The number of ether oxygens (including phenoxy) is 1. The van der Waals surface area contributed by atoms with Crippen LogP contribution >= 0.6 is 0 Å². The average molecular weight is 268 g/mol. The predicted molar refractivity (Wildman–Crippen MR) is 80.8 cm³/mol. The van der Waals surface area contributed by atoms with Crippen LogP contribution in [0.15, 0.2) is 36.5 Å². The molecular weight excluding hydrogens is 248 g/mol. The highest BCUT2D eigenvalue weighted by atomic mass is 16.5. The van der Waals surface area contributed by atoms with Gasteiger partial charge >= 0.3 is 0 Å². The first-order valence-corrected chi connectivity index (χ1v) is 7.39. The topological polar surface area (TPSA) is 34.2 Å². The molecule has 2 aromatic rings. The van der Waals surface area contributed by atoms with Crippen LogP contribution in [0.2, 0.25) is 0 Å². The highest BCUT2D eigenvalue weighted by Crippen LogP contribution is 2.53. The first kappa shape index (κ1) is 12.2. The van der Waals surface area contributed by atoms with Crippen molar-refractivity contribution >= 4 is 16.6 Å². The Labute approximate surface area is 119 Å². The van der Waals surface area contributed by atoms with Crippen LogP contribution in [0.1, 0.15) is 20.3 Å². The smallest absolute Gasteiger partial charge is 0.0703 e. The molecular formula is C17H20N2O. The minimum absolute atomic E-state index is 0.213. The Morgan fingerprint density at radius 2 is 2.20 bits per heavy atom. The van der Waals surface area contributed by atoms with Gasteiger partial charge in [-0.15, -0.1) is 0 Å². The van der Waals surface area contributed by atoms with E-state index in [0.717, 1.165) is 12.1 Å². The van der Waals surface area contributed by atoms with Gasteiger partial charge in [0.05, 0.1) is 11.6 Å². The van der Waals surface area contributed by atoms with Gasteiger partial charge < -0.3 is 10.1 Å². The van der Waals surface area contributed by atoms with Gasteiger partial charge in [-0.1, -0.05) is 19.9 Å². The summed E-state index contributed by atoms with van der Waals surface area (Å²) in [6.45, 7) is 5.53. The fourth-order valence-corrected chi connectivity index (χ4v) is 3.96. The summed E-state index contributed by atoms with van der Waals surface area (Å²) in [5, 5.41) is 4.91. The van der Waals surface area contributed by atoms with Gasteiger partial charge in [-0.05, 0) is 30.7 Å². The molecule has 20 heavy (non-hydrogen) atoms. The van der Waals surface area contributed by atoms with E-state index in [1.807, 2.05) is 12.3 Å². The quantitative estimate of drug-likeness (QED) is 0.905. The molecule has 0 bridgehead atoms. The van der Waals surface area contributed by atoms with Gasteiger partial charge in [0.1, 0.15) is 0 Å². The second kappa shape index (κ2) is 4.19. The first-order chi connectivity index (χ1) is 9.66. The fraction of sp³-hybridized carbons (Fsp3) is 0.471. The van der Waals surface area contributed by atoms with Gasteiger partial charge in [-0.2, -0.15) is 0 Å². The summed E-state index contributed by atoms with van der Waals surface area (Å²) in [4.78, 5) is 4.37. The Kier molecular flexibility index (Phi) is 2.55. The lowest BCUT2D eigenvalue weighted by atomic mass is 9.57. The lowest BCUT2D eigenvalue weighted by Gasteiger charge is -2.55. The zero-order chi connectivity index (χ0) is 13.7. The van der Waals surface area contributed by atoms with Crippen molar-refractivity contribution in [3.63, 3.8) is 0 Å². The van der Waals surface area contributed by atoms with E-state index in [9.17, 15) is 0 Å². The first-order valence-electron chi connectivity index (χ1n) is 7.39. The number of benzene rings is 1. The third-order valence-electron chi connectivity index (χ3n) is 5.03. The van der Waals surface area contributed by atoms with Crippen molar-refractivity contribution in [3.8, 4) is 0 Å². The summed E-state index contributed by atoms with van der Waals surface area (Å²) in [5.41, 5.74) is 2.45. The predicted octanol–water partition coefficient (Wildman–Crippen LogP) is 3.46. The van der Waals surface area contributed by atoms with E-state index in [1.165, 1.54) is 17.5 Å². The van der Waals surface area contributed by atoms with E-state index < -0.39 is 0 Å². The van der Waals surface area contributed by atoms with Crippen LogP contribution < -0.4 is 5.32 Å². The molecule has 3 unspecified atom stereocenters. The summed E-state index contributed by atoms with van der Waals surface area (Å²) in [6, 6.07) is 11.0. The number of rotatable bonds is 2. The van der Waals surface area contributed by atoms with Crippen molar-refractivity contribution in [2.24, 2.45) is 11.3 Å². The number of hydrogen-bond donors (Lipinski definition) is 1. The molecule has 0 spiro atoms. The standard InChI is InChI=1S/C17H20N2O/c1-17(2)15(13-7-9-20-16(13)17)19-12-5-6-14-11(10-12)4-3-8-18-14/h3-6,8,10,13,15-16,19H,7,9H2,1-2H3. The number of hydrogen-bond acceptors (Lipinski definition) is 3. The van der Waals surface area contributed by atoms with E-state index in [0.29, 0.717) is 18.1 Å². The van der Waals surface area contributed by atoms with Crippen molar-refractivity contribution in [3.05, 3.63) is 36.5 Å². The number of aromatic nitrogens is 1. The van der Waals surface area contributed by atoms with Crippen LogP contribution in [-0.2, 0) is 4.74 Å². The lowest BCUT2D eigenvalue weighted by Crippen LogP contribution is -2.63. The fourth-order valence-electron chi connectivity index (χ4n) is 3.96. The molecule has 3 heteroatoms. The second-order valence-electron chi connectivity index (χ2n) is 6.60. The maximum Gasteiger partial charge on any atom is 0.0703 e. The van der Waals surface area contributed by atoms with Gasteiger partial charge in [0.2, 0.25) is 0 Å². The van der Waals surface area contributed by atoms with Crippen LogP contribution in [0.3, 0.4) is 0 Å². The van der Waals surface area contributed by atoms with E-state index in [-0.39, 0.29) is 5.41 Å². The van der Waals surface area contributed by atoms with Crippen LogP contribution in [-0.4, -0.2) is 23.7 Å². The van der Waals surface area contributed by atoms with Gasteiger partial charge in [0.25, 0.3) is 0 Å². The highest BCUT2D eigenvalue weighted by Gasteiger charge is 2.59. The molecule has 0 amide bonds. The summed E-state index contributed by atoms with van der Waals surface area (Å²) in [5.74, 6) is 0.662. The molecule has 1 aromatic heterocycles. The van der Waals surface area contributed by atoms with E-state index in [2.05, 4.69) is 48.4 Å². The molecule has 1 aliphatic carbocycles. The van der Waals surface area contributed by atoms with Gasteiger partial charge in [0.15, 0.2) is 0 Å². The average Bonchev–Trinajstić information content (AvgIpc) is 2.91. The molecule has 0 radical (unpaired) electrons. The Bertz CT molecular complexity index is 652. The SMILES string of the molecule is CC1(C)C(Nc2ccc3ncccc3c2)C2CCOC21. The van der Waals surface area contributed by atoms with Crippen LogP contribution in [0.5, 0.6) is 0 Å². The Morgan fingerprint density at radius 1 is 1.30 bits per heavy atom. The van der Waals surface area contributed by atoms with Crippen molar-refractivity contribution in [2.45, 2.75) is 32.4 Å². The van der Waals surface area contributed by atoms with Gasteiger partial charge in [-0.3, -0.25) is 4.98 Å². The number of fused-ring (bicyclic) bond motifs is 2. The molecule has 4 rings (SSSR count). The third kappa shape index (κ3) is 1.66. The molecule has 1 aliphatic heterocycles. The van der Waals surface area contributed by atoms with E-state index >= 15 is 0 Å². The maximum absolute atomic E-state index is 5.86. The molecule has 2 heterocycles. The van der Waals surface area contributed by atoms with Crippen molar-refractivity contribution < 1.29 is 4.74 Å². The minimum Gasteiger partial charge on any atom is -0.381 e. The molecule has 104 valence electrons. The summed E-state index contributed by atoms with van der Waals surface area (Å²) in [6.07, 6.45) is 3.45. The van der Waals surface area contributed by atoms with E-state index in [4.69, 9.17) is 4.74 Å². The Morgan fingerprint density at radius 3 is 3.10 bits per heavy atom. The molecule has 3 nitrogen and oxygen atoms in total. The van der Waals surface area contributed by atoms with Crippen LogP contribution in [0.4, 0.5) is 5.69 Å². The summed E-state index contributed by atoms with van der Waals surface area (Å²) in [7, 11) is 0. The van der Waals surface area contributed by atoms with E-state index in [1.54, 1.807) is 0 Å². The molecule has 1 N–H and O–H groups in total. The molecule has 1 saturated heterocycles. The van der Waals surface area contributed by atoms with Gasteiger partial charge in [0, 0.05) is 41.3 Å². The number of nitrogens with zero attached hydrogens (tertiary/aromatic N) is 1. The Hall–Kier alpha value is -1.61. The van der Waals surface area contributed by atoms with Crippen molar-refractivity contribution in [1.82, 2.24) is 4.98 Å². The zero-order valence-electron chi connectivity index (χ0n) is 12.0. The number of nitrogens with one attached hydrogen (secondary N) is 1. The molecule has 1 aromatic carbocycles. The minimum atomic E-state index is 0.213. The molecule has 2 fully saturated rings. The summed E-state index contributed by atoms with van der Waals surface area (Å²) >= 11 is 0. The molecule has 2 aliphatic rings. The van der Waals surface area contributed by atoms with Crippen LogP contribution in [0.25, 0.3) is 10.9 Å². The van der Waals surface area contributed by atoms with Crippen molar-refractivity contribution in [2.75, 3.05) is 11.9 Å². The van der Waals surface area contributed by atoms with Crippen molar-refractivity contribution in [1.29, 1.82) is 0 Å². The maximum atomic E-state index is 5.86. The third-order valence-corrected chi connectivity index (χ3v) is 5.03. The summed E-state index contributed by atoms with van der Waals surface area (Å²) < 4.78 is 5.86.